The number of amides is 1. The maximum Gasteiger partial charge on any atom is 0.410 e. The summed E-state index contributed by atoms with van der Waals surface area (Å²) in [7, 11) is 0. The van der Waals surface area contributed by atoms with Crippen LogP contribution in [-0.4, -0.2) is 61.3 Å². The summed E-state index contributed by atoms with van der Waals surface area (Å²) in [5.41, 5.74) is 1.02. The molecule has 2 fully saturated rings. The number of carbonyl (C=O) groups is 1. The number of hydrogen-bond acceptors (Lipinski definition) is 4. The Morgan fingerprint density at radius 1 is 1.20 bits per heavy atom. The minimum atomic E-state index is -0.210. The standard InChI is InChI=1S/C15H20N2O3/c18-15(20-12-13-4-2-1-3-5-13)17-10-14(11-17)16-6-8-19-9-7-16/h1-5,14H,6-12H2. The molecule has 2 heterocycles. The molecule has 2 saturated heterocycles. The zero-order chi connectivity index (χ0) is 13.8. The first kappa shape index (κ1) is 13.4. The van der Waals surface area contributed by atoms with E-state index in [9.17, 15) is 4.79 Å². The van der Waals surface area contributed by atoms with Crippen molar-refractivity contribution in [1.29, 1.82) is 0 Å². The Hall–Kier alpha value is -1.59. The molecule has 20 heavy (non-hydrogen) atoms. The van der Waals surface area contributed by atoms with Crippen LogP contribution in [0.15, 0.2) is 30.3 Å². The smallest absolute Gasteiger partial charge is 0.410 e. The SMILES string of the molecule is O=C(OCc1ccccc1)N1CC(N2CCOCC2)C1. The van der Waals surface area contributed by atoms with Gasteiger partial charge in [-0.25, -0.2) is 4.79 Å². The molecule has 0 N–H and O–H groups in total. The molecular formula is C15H20N2O3. The molecule has 1 aromatic rings. The molecule has 3 rings (SSSR count). The van der Waals surface area contributed by atoms with Crippen molar-refractivity contribution in [3.63, 3.8) is 0 Å². The van der Waals surface area contributed by atoms with E-state index in [-0.39, 0.29) is 6.09 Å². The van der Waals surface area contributed by atoms with Crippen LogP contribution in [0.1, 0.15) is 5.56 Å². The van der Waals surface area contributed by atoms with Gasteiger partial charge >= 0.3 is 6.09 Å². The van der Waals surface area contributed by atoms with Crippen LogP contribution in [0.5, 0.6) is 0 Å². The highest BCUT2D eigenvalue weighted by Gasteiger charge is 2.36. The Balaban J connectivity index is 1.39. The fourth-order valence-corrected chi connectivity index (χ4v) is 2.59. The molecule has 5 heteroatoms. The lowest BCUT2D eigenvalue weighted by Crippen LogP contribution is -2.62. The molecule has 1 aromatic carbocycles. The van der Waals surface area contributed by atoms with Gasteiger partial charge in [0, 0.05) is 32.2 Å². The highest BCUT2D eigenvalue weighted by Crippen LogP contribution is 2.17. The topological polar surface area (TPSA) is 42.0 Å². The molecule has 2 aliphatic rings. The molecule has 0 saturated carbocycles. The first-order chi connectivity index (χ1) is 9.83. The summed E-state index contributed by atoms with van der Waals surface area (Å²) in [6.07, 6.45) is -0.210. The predicted molar refractivity (Wildman–Crippen MR) is 74.4 cm³/mol. The minimum Gasteiger partial charge on any atom is -0.445 e. The lowest BCUT2D eigenvalue weighted by atomic mass is 10.1. The lowest BCUT2D eigenvalue weighted by molar-refractivity contribution is -0.0312. The third-order valence-electron chi connectivity index (χ3n) is 3.89. The van der Waals surface area contributed by atoms with E-state index in [0.29, 0.717) is 12.6 Å². The van der Waals surface area contributed by atoms with Crippen LogP contribution in [0.3, 0.4) is 0 Å². The Morgan fingerprint density at radius 3 is 2.60 bits per heavy atom. The van der Waals surface area contributed by atoms with Crippen molar-refractivity contribution in [1.82, 2.24) is 9.80 Å². The number of likely N-dealkylation sites (tertiary alicyclic amines) is 1. The van der Waals surface area contributed by atoms with Gasteiger partial charge in [-0.3, -0.25) is 4.90 Å². The van der Waals surface area contributed by atoms with E-state index in [0.717, 1.165) is 45.0 Å². The van der Waals surface area contributed by atoms with E-state index in [1.165, 1.54) is 0 Å². The summed E-state index contributed by atoms with van der Waals surface area (Å²) < 4.78 is 10.6. The van der Waals surface area contributed by atoms with Gasteiger partial charge in [0.2, 0.25) is 0 Å². The lowest BCUT2D eigenvalue weighted by Gasteiger charge is -2.45. The summed E-state index contributed by atoms with van der Waals surface area (Å²) in [6.45, 7) is 5.43. The summed E-state index contributed by atoms with van der Waals surface area (Å²) in [6, 6.07) is 10.2. The summed E-state index contributed by atoms with van der Waals surface area (Å²) >= 11 is 0. The molecular weight excluding hydrogens is 256 g/mol. The zero-order valence-electron chi connectivity index (χ0n) is 11.5. The van der Waals surface area contributed by atoms with Crippen LogP contribution >= 0.6 is 0 Å². The van der Waals surface area contributed by atoms with Crippen molar-refractivity contribution in [3.8, 4) is 0 Å². The van der Waals surface area contributed by atoms with E-state index in [2.05, 4.69) is 4.90 Å². The summed E-state index contributed by atoms with van der Waals surface area (Å²) in [5.74, 6) is 0. The van der Waals surface area contributed by atoms with E-state index >= 15 is 0 Å². The van der Waals surface area contributed by atoms with Crippen molar-refractivity contribution in [2.24, 2.45) is 0 Å². The number of rotatable bonds is 3. The maximum absolute atomic E-state index is 11.9. The number of benzene rings is 1. The van der Waals surface area contributed by atoms with E-state index in [1.54, 1.807) is 4.90 Å². The van der Waals surface area contributed by atoms with Crippen LogP contribution in [0, 0.1) is 0 Å². The van der Waals surface area contributed by atoms with Crippen molar-refractivity contribution < 1.29 is 14.3 Å². The summed E-state index contributed by atoms with van der Waals surface area (Å²) in [5, 5.41) is 0. The van der Waals surface area contributed by atoms with Gasteiger partial charge in [0.1, 0.15) is 6.61 Å². The van der Waals surface area contributed by atoms with E-state index < -0.39 is 0 Å². The Kier molecular flexibility index (Phi) is 4.18. The largest absolute Gasteiger partial charge is 0.445 e. The number of nitrogens with zero attached hydrogens (tertiary/aromatic N) is 2. The number of ether oxygens (including phenoxy) is 2. The Labute approximate surface area is 119 Å². The van der Waals surface area contributed by atoms with Gasteiger partial charge in [-0.2, -0.15) is 0 Å². The molecule has 0 aliphatic carbocycles. The van der Waals surface area contributed by atoms with Crippen molar-refractivity contribution in [3.05, 3.63) is 35.9 Å². The van der Waals surface area contributed by atoms with Gasteiger partial charge in [0.25, 0.3) is 0 Å². The van der Waals surface area contributed by atoms with Gasteiger partial charge in [0.15, 0.2) is 0 Å². The minimum absolute atomic E-state index is 0.210. The predicted octanol–water partition coefficient (Wildman–Crippen LogP) is 1.34. The molecule has 0 radical (unpaired) electrons. The highest BCUT2D eigenvalue weighted by molar-refractivity contribution is 5.68. The highest BCUT2D eigenvalue weighted by atomic mass is 16.6. The van der Waals surface area contributed by atoms with Crippen molar-refractivity contribution in [2.45, 2.75) is 12.6 Å². The monoisotopic (exact) mass is 276 g/mol. The molecule has 108 valence electrons. The third kappa shape index (κ3) is 3.11. The fraction of sp³-hybridized carbons (Fsp3) is 0.533. The van der Waals surface area contributed by atoms with Gasteiger partial charge in [-0.15, -0.1) is 0 Å². The first-order valence-electron chi connectivity index (χ1n) is 7.10. The van der Waals surface area contributed by atoms with E-state index in [4.69, 9.17) is 9.47 Å². The molecule has 0 unspecified atom stereocenters. The molecule has 0 atom stereocenters. The molecule has 0 spiro atoms. The van der Waals surface area contributed by atoms with Crippen LogP contribution in [0.25, 0.3) is 0 Å². The Bertz CT molecular complexity index is 440. The van der Waals surface area contributed by atoms with Gasteiger partial charge in [-0.05, 0) is 5.56 Å². The van der Waals surface area contributed by atoms with Gasteiger partial charge in [-0.1, -0.05) is 30.3 Å². The van der Waals surface area contributed by atoms with E-state index in [1.807, 2.05) is 30.3 Å². The average Bonchev–Trinajstić information content (AvgIpc) is 2.46. The molecule has 0 bridgehead atoms. The first-order valence-corrected chi connectivity index (χ1v) is 7.10. The van der Waals surface area contributed by atoms with Gasteiger partial charge in [0.05, 0.1) is 13.2 Å². The van der Waals surface area contributed by atoms with Crippen LogP contribution in [0.4, 0.5) is 4.79 Å². The second-order valence-corrected chi connectivity index (χ2v) is 5.25. The summed E-state index contributed by atoms with van der Waals surface area (Å²) in [4.78, 5) is 16.0. The number of carbonyl (C=O) groups excluding carboxylic acids is 1. The normalized spacial score (nSPS) is 20.5. The zero-order valence-corrected chi connectivity index (χ0v) is 11.5. The average molecular weight is 276 g/mol. The van der Waals surface area contributed by atoms with Crippen molar-refractivity contribution in [2.75, 3.05) is 39.4 Å². The van der Waals surface area contributed by atoms with Crippen molar-refractivity contribution >= 4 is 6.09 Å². The van der Waals surface area contributed by atoms with Gasteiger partial charge < -0.3 is 14.4 Å². The quantitative estimate of drug-likeness (QED) is 0.835. The molecule has 2 aliphatic heterocycles. The molecule has 5 nitrogen and oxygen atoms in total. The maximum atomic E-state index is 11.9. The van der Waals surface area contributed by atoms with Crippen LogP contribution in [-0.2, 0) is 16.1 Å². The Morgan fingerprint density at radius 2 is 1.90 bits per heavy atom. The fourth-order valence-electron chi connectivity index (χ4n) is 2.59. The molecule has 0 aromatic heterocycles. The number of hydrogen-bond donors (Lipinski definition) is 0. The number of morpholine rings is 1. The van der Waals surface area contributed by atoms with Crippen LogP contribution < -0.4 is 0 Å². The third-order valence-corrected chi connectivity index (χ3v) is 3.89. The second kappa shape index (κ2) is 6.24. The second-order valence-electron chi connectivity index (χ2n) is 5.25. The van der Waals surface area contributed by atoms with Crippen LogP contribution in [0.2, 0.25) is 0 Å². The molecule has 1 amide bonds.